The normalized spacial score (nSPS) is 14.4. The summed E-state index contributed by atoms with van der Waals surface area (Å²) in [5.41, 5.74) is 2.03. The zero-order chi connectivity index (χ0) is 22.8. The van der Waals surface area contributed by atoms with Gasteiger partial charge in [0.1, 0.15) is 0 Å². The number of hydrogen-bond acceptors (Lipinski definition) is 6. The van der Waals surface area contributed by atoms with Crippen LogP contribution in [-0.2, 0) is 20.9 Å². The maximum Gasteiger partial charge on any atom is 0.331 e. The Balaban J connectivity index is 1.41. The van der Waals surface area contributed by atoms with Gasteiger partial charge in [0.25, 0.3) is 5.91 Å². The van der Waals surface area contributed by atoms with Crippen LogP contribution in [0.4, 0.5) is 0 Å². The summed E-state index contributed by atoms with van der Waals surface area (Å²) in [5.74, 6) is 0.496. The number of ether oxygens (including phenoxy) is 3. The highest BCUT2D eigenvalue weighted by atomic mass is 16.5. The number of nitrogens with zero attached hydrogens (tertiary/aromatic N) is 2. The highest BCUT2D eigenvalue weighted by Gasteiger charge is 2.21. The minimum atomic E-state index is -0.561. The fraction of sp³-hybridized carbons (Fsp3) is 0.360. The second kappa shape index (κ2) is 11.9. The highest BCUT2D eigenvalue weighted by Crippen LogP contribution is 2.28. The molecule has 32 heavy (non-hydrogen) atoms. The summed E-state index contributed by atoms with van der Waals surface area (Å²) >= 11 is 0. The minimum Gasteiger partial charge on any atom is -0.493 e. The van der Waals surface area contributed by atoms with Gasteiger partial charge < -0.3 is 19.1 Å². The molecule has 7 heteroatoms. The molecule has 0 unspecified atom stereocenters. The van der Waals surface area contributed by atoms with Crippen LogP contribution in [0.3, 0.4) is 0 Å². The molecule has 0 aliphatic carbocycles. The van der Waals surface area contributed by atoms with Crippen LogP contribution in [0.15, 0.2) is 54.6 Å². The van der Waals surface area contributed by atoms with Crippen molar-refractivity contribution in [3.63, 3.8) is 0 Å². The molecule has 0 N–H and O–H groups in total. The number of piperazine rings is 1. The maximum atomic E-state index is 12.4. The van der Waals surface area contributed by atoms with Crippen molar-refractivity contribution in [3.8, 4) is 11.5 Å². The predicted molar refractivity (Wildman–Crippen MR) is 122 cm³/mol. The van der Waals surface area contributed by atoms with Crippen LogP contribution in [0, 0.1) is 0 Å². The Kier molecular flexibility index (Phi) is 8.69. The van der Waals surface area contributed by atoms with Gasteiger partial charge in [0.05, 0.1) is 13.7 Å². The van der Waals surface area contributed by atoms with Crippen LogP contribution >= 0.6 is 0 Å². The Morgan fingerprint density at radius 2 is 1.75 bits per heavy atom. The molecular weight excluding hydrogens is 408 g/mol. The van der Waals surface area contributed by atoms with Crippen molar-refractivity contribution in [1.82, 2.24) is 9.80 Å². The molecule has 1 aliphatic heterocycles. The molecule has 0 atom stereocenters. The van der Waals surface area contributed by atoms with Crippen molar-refractivity contribution < 1.29 is 23.8 Å². The second-order valence-corrected chi connectivity index (χ2v) is 7.43. The summed E-state index contributed by atoms with van der Waals surface area (Å²) in [6.45, 7) is 5.91. The Bertz CT molecular complexity index is 921. The average molecular weight is 439 g/mol. The molecule has 2 aromatic carbocycles. The van der Waals surface area contributed by atoms with Crippen LogP contribution in [0.1, 0.15) is 18.1 Å². The van der Waals surface area contributed by atoms with Gasteiger partial charge in [0, 0.05) is 38.8 Å². The molecule has 7 nitrogen and oxygen atoms in total. The SMILES string of the molecule is CCOc1ccc(/C=C/C(=O)OCC(=O)N2CCN(Cc3ccccc3)CC2)cc1OC. The highest BCUT2D eigenvalue weighted by molar-refractivity contribution is 5.89. The van der Waals surface area contributed by atoms with E-state index in [0.29, 0.717) is 31.2 Å². The first kappa shape index (κ1) is 23.3. The first-order chi connectivity index (χ1) is 15.6. The monoisotopic (exact) mass is 438 g/mol. The fourth-order valence-corrected chi connectivity index (χ4v) is 3.50. The molecule has 1 saturated heterocycles. The van der Waals surface area contributed by atoms with Gasteiger partial charge in [-0.15, -0.1) is 0 Å². The van der Waals surface area contributed by atoms with Crippen molar-refractivity contribution in [2.45, 2.75) is 13.5 Å². The zero-order valence-corrected chi connectivity index (χ0v) is 18.7. The van der Waals surface area contributed by atoms with Gasteiger partial charge in [-0.25, -0.2) is 4.79 Å². The van der Waals surface area contributed by atoms with E-state index < -0.39 is 5.97 Å². The first-order valence-corrected chi connectivity index (χ1v) is 10.8. The predicted octanol–water partition coefficient (Wildman–Crippen LogP) is 2.99. The van der Waals surface area contributed by atoms with Gasteiger partial charge >= 0.3 is 5.97 Å². The lowest BCUT2D eigenvalue weighted by Crippen LogP contribution is -2.49. The van der Waals surface area contributed by atoms with E-state index in [2.05, 4.69) is 17.0 Å². The Hall–Kier alpha value is -3.32. The van der Waals surface area contributed by atoms with Gasteiger partial charge in [0.2, 0.25) is 0 Å². The quantitative estimate of drug-likeness (QED) is 0.443. The number of esters is 1. The van der Waals surface area contributed by atoms with E-state index in [1.165, 1.54) is 11.6 Å². The molecule has 1 aliphatic rings. The van der Waals surface area contributed by atoms with Gasteiger partial charge in [0.15, 0.2) is 18.1 Å². The molecule has 0 bridgehead atoms. The first-order valence-electron chi connectivity index (χ1n) is 10.8. The van der Waals surface area contributed by atoms with Crippen molar-refractivity contribution in [1.29, 1.82) is 0 Å². The lowest BCUT2D eigenvalue weighted by Gasteiger charge is -2.34. The average Bonchev–Trinajstić information content (AvgIpc) is 2.83. The van der Waals surface area contributed by atoms with Gasteiger partial charge in [-0.2, -0.15) is 0 Å². The van der Waals surface area contributed by atoms with Gasteiger partial charge in [-0.05, 0) is 36.3 Å². The molecule has 0 radical (unpaired) electrons. The van der Waals surface area contributed by atoms with E-state index in [1.54, 1.807) is 30.2 Å². The molecule has 1 amide bonds. The van der Waals surface area contributed by atoms with E-state index in [9.17, 15) is 9.59 Å². The van der Waals surface area contributed by atoms with Crippen LogP contribution in [-0.4, -0.2) is 68.2 Å². The smallest absolute Gasteiger partial charge is 0.331 e. The van der Waals surface area contributed by atoms with Crippen molar-refractivity contribution >= 4 is 18.0 Å². The van der Waals surface area contributed by atoms with E-state index in [4.69, 9.17) is 14.2 Å². The van der Waals surface area contributed by atoms with Crippen LogP contribution in [0.5, 0.6) is 11.5 Å². The largest absolute Gasteiger partial charge is 0.493 e. The number of rotatable bonds is 9. The third-order valence-electron chi connectivity index (χ3n) is 5.21. The molecule has 2 aromatic rings. The summed E-state index contributed by atoms with van der Waals surface area (Å²) in [6.07, 6.45) is 2.92. The summed E-state index contributed by atoms with van der Waals surface area (Å²) in [7, 11) is 1.56. The second-order valence-electron chi connectivity index (χ2n) is 7.43. The Morgan fingerprint density at radius 3 is 2.44 bits per heavy atom. The molecule has 1 fully saturated rings. The van der Waals surface area contributed by atoms with Crippen molar-refractivity contribution in [3.05, 3.63) is 65.7 Å². The topological polar surface area (TPSA) is 68.3 Å². The van der Waals surface area contributed by atoms with Crippen LogP contribution < -0.4 is 9.47 Å². The lowest BCUT2D eigenvalue weighted by atomic mass is 10.2. The summed E-state index contributed by atoms with van der Waals surface area (Å²) in [6, 6.07) is 15.7. The lowest BCUT2D eigenvalue weighted by molar-refractivity contribution is -0.149. The third kappa shape index (κ3) is 6.85. The zero-order valence-electron chi connectivity index (χ0n) is 18.7. The Labute approximate surface area is 189 Å². The van der Waals surface area contributed by atoms with Crippen LogP contribution in [0.25, 0.3) is 6.08 Å². The summed E-state index contributed by atoms with van der Waals surface area (Å²) < 4.78 is 15.9. The molecule has 3 rings (SSSR count). The van der Waals surface area contributed by atoms with E-state index in [-0.39, 0.29) is 12.5 Å². The molecule has 0 spiro atoms. The minimum absolute atomic E-state index is 0.172. The molecule has 1 heterocycles. The summed E-state index contributed by atoms with van der Waals surface area (Å²) in [4.78, 5) is 28.5. The Morgan fingerprint density at radius 1 is 1.00 bits per heavy atom. The number of hydrogen-bond donors (Lipinski definition) is 0. The number of methoxy groups -OCH3 is 1. The number of benzene rings is 2. The standard InChI is InChI=1S/C25H30N2O5/c1-3-31-22-11-9-20(17-23(22)30-2)10-12-25(29)32-19-24(28)27-15-13-26(14-16-27)18-21-7-5-4-6-8-21/h4-12,17H,3,13-16,18-19H2,1-2H3/b12-10+. The molecule has 0 aromatic heterocycles. The third-order valence-corrected chi connectivity index (χ3v) is 5.21. The van der Waals surface area contributed by atoms with E-state index in [0.717, 1.165) is 25.2 Å². The van der Waals surface area contributed by atoms with Crippen molar-refractivity contribution in [2.75, 3.05) is 46.5 Å². The van der Waals surface area contributed by atoms with Gasteiger partial charge in [-0.1, -0.05) is 36.4 Å². The summed E-state index contributed by atoms with van der Waals surface area (Å²) in [5, 5.41) is 0. The fourth-order valence-electron chi connectivity index (χ4n) is 3.50. The van der Waals surface area contributed by atoms with Gasteiger partial charge in [-0.3, -0.25) is 9.69 Å². The molecule has 0 saturated carbocycles. The number of carbonyl (C=O) groups is 2. The van der Waals surface area contributed by atoms with Crippen molar-refractivity contribution in [2.24, 2.45) is 0 Å². The molecule has 170 valence electrons. The maximum absolute atomic E-state index is 12.4. The number of amides is 1. The van der Waals surface area contributed by atoms with E-state index in [1.807, 2.05) is 31.2 Å². The van der Waals surface area contributed by atoms with E-state index >= 15 is 0 Å². The number of carbonyl (C=O) groups excluding carboxylic acids is 2. The van der Waals surface area contributed by atoms with Crippen LogP contribution in [0.2, 0.25) is 0 Å². The molecular formula is C25H30N2O5.